The average molecular weight is 535 g/mol. The van der Waals surface area contributed by atoms with Crippen molar-refractivity contribution in [2.45, 2.75) is 111 Å². The van der Waals surface area contributed by atoms with Crippen LogP contribution in [0.4, 0.5) is 0 Å². The van der Waals surface area contributed by atoms with Crippen LogP contribution in [0.2, 0.25) is 0 Å². The van der Waals surface area contributed by atoms with Crippen LogP contribution in [0, 0.1) is 0 Å². The summed E-state index contributed by atoms with van der Waals surface area (Å²) >= 11 is 0. The van der Waals surface area contributed by atoms with Crippen molar-refractivity contribution in [1.29, 1.82) is 0 Å². The summed E-state index contributed by atoms with van der Waals surface area (Å²) < 4.78 is 0. The quantitative estimate of drug-likeness (QED) is 0.351. The van der Waals surface area contributed by atoms with E-state index in [2.05, 4.69) is 16.8 Å². The van der Waals surface area contributed by atoms with Crippen molar-refractivity contribution in [3.8, 4) is 11.5 Å². The molecular weight excluding hydrogens is 488 g/mol. The standard InChI is InChI=1S/C33H46N2O4/c1-20(2)23-16-21(17-24(29(23)38)31(3,4)5)12-14-27(36)34-35-28(37)15-13-22-18-25(32(6,7)8)30(39)26(19-22)33(9,10)11/h16-19,38-39H,1,12-15H2,2-11H3/b35-34+. The number of carbonyl (C=O) groups excluding carboxylic acids is 2. The molecule has 0 atom stereocenters. The third-order valence-electron chi connectivity index (χ3n) is 6.75. The van der Waals surface area contributed by atoms with Crippen molar-refractivity contribution in [2.75, 3.05) is 0 Å². The molecule has 0 aromatic heterocycles. The number of hydrogen-bond acceptors (Lipinski definition) is 4. The molecule has 0 saturated heterocycles. The van der Waals surface area contributed by atoms with Gasteiger partial charge in [0.15, 0.2) is 0 Å². The minimum Gasteiger partial charge on any atom is -0.507 e. The van der Waals surface area contributed by atoms with E-state index in [0.717, 1.165) is 33.4 Å². The maximum absolute atomic E-state index is 12.4. The van der Waals surface area contributed by atoms with E-state index in [4.69, 9.17) is 0 Å². The molecule has 0 fully saturated rings. The predicted octanol–water partition coefficient (Wildman–Crippen LogP) is 8.09. The van der Waals surface area contributed by atoms with Crippen molar-refractivity contribution >= 4 is 17.4 Å². The summed E-state index contributed by atoms with van der Waals surface area (Å²) in [4.78, 5) is 24.8. The van der Waals surface area contributed by atoms with E-state index in [-0.39, 0.29) is 34.8 Å². The Morgan fingerprint density at radius 1 is 0.667 bits per heavy atom. The second kappa shape index (κ2) is 11.8. The van der Waals surface area contributed by atoms with Crippen LogP contribution in [0.5, 0.6) is 11.5 Å². The van der Waals surface area contributed by atoms with Crippen molar-refractivity contribution in [3.05, 3.63) is 64.2 Å². The average Bonchev–Trinajstić information content (AvgIpc) is 2.78. The molecule has 39 heavy (non-hydrogen) atoms. The SMILES string of the molecule is C=C(C)c1cc(CCC(=O)/N=N/C(=O)CCc2cc(C(C)(C)C)c(O)c(C(C)(C)C)c2)cc(C(C)(C)C)c1O. The molecule has 0 aliphatic rings. The van der Waals surface area contributed by atoms with E-state index in [9.17, 15) is 19.8 Å². The number of benzene rings is 2. The Kier molecular flexibility index (Phi) is 9.70. The van der Waals surface area contributed by atoms with Gasteiger partial charge in [0.1, 0.15) is 11.5 Å². The number of azo groups is 1. The van der Waals surface area contributed by atoms with Crippen molar-refractivity contribution in [1.82, 2.24) is 0 Å². The van der Waals surface area contributed by atoms with E-state index in [1.54, 1.807) is 0 Å². The minimum absolute atomic E-state index is 0.0998. The van der Waals surface area contributed by atoms with Gasteiger partial charge >= 0.3 is 0 Å². The smallest absolute Gasteiger partial charge is 0.265 e. The number of carbonyl (C=O) groups is 2. The highest BCUT2D eigenvalue weighted by molar-refractivity contribution is 5.82. The Hall–Kier alpha value is -3.28. The van der Waals surface area contributed by atoms with Crippen LogP contribution in [0.3, 0.4) is 0 Å². The summed E-state index contributed by atoms with van der Waals surface area (Å²) in [6.45, 7) is 24.1. The summed E-state index contributed by atoms with van der Waals surface area (Å²) in [6.07, 6.45) is 1.06. The Morgan fingerprint density at radius 3 is 1.33 bits per heavy atom. The van der Waals surface area contributed by atoms with E-state index >= 15 is 0 Å². The highest BCUT2D eigenvalue weighted by Gasteiger charge is 2.27. The zero-order valence-electron chi connectivity index (χ0n) is 25.5. The van der Waals surface area contributed by atoms with Gasteiger partial charge in [0.25, 0.3) is 11.8 Å². The topological polar surface area (TPSA) is 99.3 Å². The minimum atomic E-state index is -0.472. The lowest BCUT2D eigenvalue weighted by Gasteiger charge is -2.28. The molecule has 2 rings (SSSR count). The molecule has 0 saturated carbocycles. The Balaban J connectivity index is 2.10. The van der Waals surface area contributed by atoms with Crippen molar-refractivity contribution in [2.24, 2.45) is 10.2 Å². The fourth-order valence-electron chi connectivity index (χ4n) is 4.43. The molecule has 0 spiro atoms. The van der Waals surface area contributed by atoms with Crippen LogP contribution in [0.25, 0.3) is 5.57 Å². The first-order chi connectivity index (χ1) is 17.7. The van der Waals surface area contributed by atoms with Gasteiger partial charge in [-0.3, -0.25) is 9.59 Å². The van der Waals surface area contributed by atoms with Gasteiger partial charge in [-0.2, -0.15) is 0 Å². The molecule has 212 valence electrons. The number of nitrogens with zero attached hydrogens (tertiary/aromatic N) is 2. The molecule has 6 heteroatoms. The van der Waals surface area contributed by atoms with Crippen LogP contribution in [-0.2, 0) is 38.7 Å². The van der Waals surface area contributed by atoms with Crippen LogP contribution < -0.4 is 0 Å². The number of amides is 2. The van der Waals surface area contributed by atoms with Gasteiger partial charge in [0.05, 0.1) is 0 Å². The van der Waals surface area contributed by atoms with Crippen molar-refractivity contribution < 1.29 is 19.8 Å². The third-order valence-corrected chi connectivity index (χ3v) is 6.75. The van der Waals surface area contributed by atoms with Gasteiger partial charge in [0, 0.05) is 24.0 Å². The first-order valence-corrected chi connectivity index (χ1v) is 13.6. The van der Waals surface area contributed by atoms with Crippen LogP contribution in [0.15, 0.2) is 41.1 Å². The number of hydrogen-bond donors (Lipinski definition) is 2. The Labute approximate surface area is 234 Å². The van der Waals surface area contributed by atoms with Gasteiger partial charge in [-0.25, -0.2) is 0 Å². The maximum Gasteiger partial charge on any atom is 0.265 e. The molecule has 0 heterocycles. The summed E-state index contributed by atoms with van der Waals surface area (Å²) in [6, 6.07) is 7.65. The van der Waals surface area contributed by atoms with E-state index in [0.29, 0.717) is 24.2 Å². The van der Waals surface area contributed by atoms with Gasteiger partial charge in [-0.15, -0.1) is 10.2 Å². The molecule has 2 aromatic rings. The van der Waals surface area contributed by atoms with Crippen LogP contribution >= 0.6 is 0 Å². The summed E-state index contributed by atoms with van der Waals surface area (Å²) in [5.74, 6) is -0.419. The Morgan fingerprint density at radius 2 is 1.00 bits per heavy atom. The third kappa shape index (κ3) is 8.61. The zero-order chi connectivity index (χ0) is 29.9. The number of aryl methyl sites for hydroxylation is 2. The monoisotopic (exact) mass is 534 g/mol. The molecule has 2 amide bonds. The molecule has 0 aliphatic heterocycles. The molecule has 0 aliphatic carbocycles. The first-order valence-electron chi connectivity index (χ1n) is 13.6. The molecule has 6 nitrogen and oxygen atoms in total. The summed E-state index contributed by atoms with van der Waals surface area (Å²) in [7, 11) is 0. The number of allylic oxidation sites excluding steroid dienone is 1. The predicted molar refractivity (Wildman–Crippen MR) is 159 cm³/mol. The van der Waals surface area contributed by atoms with Gasteiger partial charge < -0.3 is 10.2 Å². The van der Waals surface area contributed by atoms with Crippen LogP contribution in [0.1, 0.15) is 115 Å². The zero-order valence-corrected chi connectivity index (χ0v) is 25.5. The van der Waals surface area contributed by atoms with Gasteiger partial charge in [-0.05, 0) is 69.9 Å². The molecule has 2 N–H and O–H groups in total. The summed E-state index contributed by atoms with van der Waals surface area (Å²) in [5.41, 5.74) is 4.92. The molecular formula is C33H46N2O4. The molecule has 2 aromatic carbocycles. The number of phenolic OH excluding ortho intramolecular Hbond substituents is 2. The lowest BCUT2D eigenvalue weighted by Crippen LogP contribution is -2.18. The number of aromatic hydroxyl groups is 2. The largest absolute Gasteiger partial charge is 0.507 e. The van der Waals surface area contributed by atoms with Crippen LogP contribution in [-0.4, -0.2) is 22.0 Å². The lowest BCUT2D eigenvalue weighted by atomic mass is 9.78. The van der Waals surface area contributed by atoms with Crippen molar-refractivity contribution in [3.63, 3.8) is 0 Å². The van der Waals surface area contributed by atoms with E-state index < -0.39 is 11.8 Å². The lowest BCUT2D eigenvalue weighted by molar-refractivity contribution is -0.122. The second-order valence-electron chi connectivity index (χ2n) is 13.6. The van der Waals surface area contributed by atoms with Gasteiger partial charge in [0.2, 0.25) is 0 Å². The highest BCUT2D eigenvalue weighted by atomic mass is 16.3. The fraction of sp³-hybridized carbons (Fsp3) is 0.515. The molecule has 0 bridgehead atoms. The summed E-state index contributed by atoms with van der Waals surface area (Å²) in [5, 5.41) is 28.9. The fourth-order valence-corrected chi connectivity index (χ4v) is 4.43. The Bertz CT molecular complexity index is 1250. The first kappa shape index (κ1) is 31.9. The normalized spacial score (nSPS) is 12.7. The highest BCUT2D eigenvalue weighted by Crippen LogP contribution is 2.40. The maximum atomic E-state index is 12.4. The van der Waals surface area contributed by atoms with Gasteiger partial charge in [-0.1, -0.05) is 87.1 Å². The second-order valence-corrected chi connectivity index (χ2v) is 13.6. The molecule has 0 unspecified atom stereocenters. The number of rotatable bonds is 7. The number of phenols is 2. The molecule has 0 radical (unpaired) electrons. The van der Waals surface area contributed by atoms with E-state index in [1.165, 1.54) is 0 Å². The van der Waals surface area contributed by atoms with E-state index in [1.807, 2.05) is 93.5 Å².